The van der Waals surface area contributed by atoms with Crippen LogP contribution in [0.3, 0.4) is 0 Å². The summed E-state index contributed by atoms with van der Waals surface area (Å²) in [6, 6.07) is 50.5. The molecule has 0 bridgehead atoms. The lowest BCUT2D eigenvalue weighted by Crippen LogP contribution is -2.58. The number of aliphatic hydroxyl groups is 1. The number of aliphatic hydroxyl groups excluding tert-OH is 1. The second-order valence-electron chi connectivity index (χ2n) is 13.4. The van der Waals surface area contributed by atoms with E-state index in [0.717, 1.165) is 34.4 Å². The first kappa shape index (κ1) is 34.8. The van der Waals surface area contributed by atoms with Gasteiger partial charge in [-0.3, -0.25) is 4.90 Å². The van der Waals surface area contributed by atoms with Gasteiger partial charge in [-0.1, -0.05) is 153 Å². The van der Waals surface area contributed by atoms with Crippen LogP contribution < -0.4 is 0 Å². The van der Waals surface area contributed by atoms with Crippen LogP contribution in [-0.2, 0) is 33.0 Å². The summed E-state index contributed by atoms with van der Waals surface area (Å²) in [5.41, 5.74) is 5.59. The average Bonchev–Trinajstić information content (AvgIpc) is 3.15. The lowest BCUT2D eigenvalue weighted by molar-refractivity contribution is -0.133. The molecule has 5 heteroatoms. The van der Waals surface area contributed by atoms with Crippen molar-refractivity contribution in [3.05, 3.63) is 179 Å². The number of nitrogens with zero attached hydrogens (tertiary/aromatic N) is 1. The van der Waals surface area contributed by atoms with E-state index in [-0.39, 0.29) is 18.1 Å². The van der Waals surface area contributed by atoms with Crippen LogP contribution in [0.2, 0.25) is 0 Å². The quantitative estimate of drug-likeness (QED) is 0.122. The average molecular weight is 656 g/mol. The summed E-state index contributed by atoms with van der Waals surface area (Å²) in [5, 5.41) is 12.3. The Balaban J connectivity index is 1.41. The van der Waals surface area contributed by atoms with E-state index in [1.54, 1.807) is 7.11 Å². The van der Waals surface area contributed by atoms with Gasteiger partial charge in [-0.15, -0.1) is 0 Å². The molecule has 1 N–H and O–H groups in total. The zero-order valence-corrected chi connectivity index (χ0v) is 28.9. The molecule has 0 radical (unpaired) electrons. The maximum absolute atomic E-state index is 12.3. The van der Waals surface area contributed by atoms with Crippen LogP contribution in [-0.4, -0.2) is 55.1 Å². The molecule has 5 atom stereocenters. The highest BCUT2D eigenvalue weighted by atomic mass is 16.5. The van der Waals surface area contributed by atoms with E-state index in [1.165, 1.54) is 5.56 Å². The molecular formula is C44H49NO4. The van der Waals surface area contributed by atoms with E-state index in [1.807, 2.05) is 24.3 Å². The van der Waals surface area contributed by atoms with Crippen molar-refractivity contribution >= 4 is 0 Å². The molecule has 1 aliphatic heterocycles. The SMILES string of the molecule is COCC(C)COCc1ccc(C2C(OC(c3ccccc3)(c3ccccc3)c3ccccc3)CN(Cc3ccccc3)C(C)C2O)cc1. The molecule has 5 aromatic rings. The minimum atomic E-state index is -0.919. The first-order valence-electron chi connectivity index (χ1n) is 17.5. The van der Waals surface area contributed by atoms with E-state index in [9.17, 15) is 5.11 Å². The third kappa shape index (κ3) is 8.04. The summed E-state index contributed by atoms with van der Waals surface area (Å²) >= 11 is 0. The molecule has 0 aliphatic carbocycles. The predicted molar refractivity (Wildman–Crippen MR) is 196 cm³/mol. The molecule has 0 amide bonds. The highest BCUT2D eigenvalue weighted by molar-refractivity contribution is 5.48. The van der Waals surface area contributed by atoms with Gasteiger partial charge in [0, 0.05) is 38.1 Å². The predicted octanol–water partition coefficient (Wildman–Crippen LogP) is 8.21. The number of hydrogen-bond donors (Lipinski definition) is 1. The molecule has 1 aliphatic rings. The van der Waals surface area contributed by atoms with E-state index >= 15 is 0 Å². The number of likely N-dealkylation sites (tertiary alicyclic amines) is 1. The van der Waals surface area contributed by atoms with E-state index in [4.69, 9.17) is 14.2 Å². The lowest BCUT2D eigenvalue weighted by atomic mass is 9.77. The standard InChI is InChI=1S/C44H49NO4/c1-33(30-47-3)31-48-32-36-24-26-37(27-25-36)42-41(29-45(34(2)43(42)46)28-35-16-8-4-9-17-35)49-44(38-18-10-5-11-19-38,39-20-12-6-13-21-39)40-22-14-7-15-23-40/h4-27,33-34,41-43,46H,28-32H2,1-3H3. The van der Waals surface area contributed by atoms with Gasteiger partial charge in [-0.05, 0) is 40.3 Å². The second kappa shape index (κ2) is 16.5. The Kier molecular flexibility index (Phi) is 11.7. The molecule has 49 heavy (non-hydrogen) atoms. The van der Waals surface area contributed by atoms with Gasteiger partial charge in [0.2, 0.25) is 0 Å². The van der Waals surface area contributed by atoms with Crippen molar-refractivity contribution in [2.45, 2.75) is 56.8 Å². The normalized spacial score (nSPS) is 20.6. The Morgan fingerprint density at radius 2 is 1.20 bits per heavy atom. The number of hydrogen-bond acceptors (Lipinski definition) is 5. The van der Waals surface area contributed by atoms with Gasteiger partial charge >= 0.3 is 0 Å². The van der Waals surface area contributed by atoms with Gasteiger partial charge in [-0.25, -0.2) is 0 Å². The fourth-order valence-corrected chi connectivity index (χ4v) is 7.29. The monoisotopic (exact) mass is 655 g/mol. The summed E-state index contributed by atoms with van der Waals surface area (Å²) in [7, 11) is 1.72. The van der Waals surface area contributed by atoms with Gasteiger partial charge in [0.05, 0.1) is 32.0 Å². The molecular weight excluding hydrogens is 606 g/mol. The van der Waals surface area contributed by atoms with Crippen LogP contribution in [0, 0.1) is 5.92 Å². The summed E-state index contributed by atoms with van der Waals surface area (Å²) < 4.78 is 19.0. The van der Waals surface area contributed by atoms with Gasteiger partial charge in [-0.2, -0.15) is 0 Å². The van der Waals surface area contributed by atoms with E-state index in [2.05, 4.69) is 140 Å². The van der Waals surface area contributed by atoms with Crippen LogP contribution in [0.5, 0.6) is 0 Å². The van der Waals surface area contributed by atoms with Gasteiger partial charge in [0.15, 0.2) is 0 Å². The summed E-state index contributed by atoms with van der Waals surface area (Å²) in [4.78, 5) is 2.37. The van der Waals surface area contributed by atoms with Crippen LogP contribution >= 0.6 is 0 Å². The first-order chi connectivity index (χ1) is 24.0. The second-order valence-corrected chi connectivity index (χ2v) is 13.4. The molecule has 1 saturated heterocycles. The van der Waals surface area contributed by atoms with Crippen molar-refractivity contribution in [2.24, 2.45) is 5.92 Å². The largest absolute Gasteiger partial charge is 0.391 e. The van der Waals surface area contributed by atoms with Crippen molar-refractivity contribution in [1.82, 2.24) is 4.90 Å². The summed E-state index contributed by atoms with van der Waals surface area (Å²) in [6.07, 6.45) is -1.02. The Labute approximate surface area is 292 Å². The Bertz CT molecular complexity index is 1590. The third-order valence-electron chi connectivity index (χ3n) is 9.84. The molecule has 1 heterocycles. The van der Waals surface area contributed by atoms with Crippen molar-refractivity contribution in [2.75, 3.05) is 26.9 Å². The fraction of sp³-hybridized carbons (Fsp3) is 0.318. The Hall–Kier alpha value is -4.10. The first-order valence-corrected chi connectivity index (χ1v) is 17.5. The highest BCUT2D eigenvalue weighted by Gasteiger charge is 2.48. The number of piperidine rings is 1. The van der Waals surface area contributed by atoms with Gasteiger partial charge < -0.3 is 19.3 Å². The highest BCUT2D eigenvalue weighted by Crippen LogP contribution is 2.45. The van der Waals surface area contributed by atoms with Crippen molar-refractivity contribution in [3.63, 3.8) is 0 Å². The summed E-state index contributed by atoms with van der Waals surface area (Å²) in [6.45, 7) is 7.48. The summed E-state index contributed by atoms with van der Waals surface area (Å²) in [5.74, 6) is 0.0632. The fourth-order valence-electron chi connectivity index (χ4n) is 7.29. The molecule has 5 aromatic carbocycles. The molecule has 6 rings (SSSR count). The minimum absolute atomic E-state index is 0.0880. The lowest BCUT2D eigenvalue weighted by Gasteiger charge is -2.49. The van der Waals surface area contributed by atoms with Crippen molar-refractivity contribution in [3.8, 4) is 0 Å². The number of rotatable bonds is 14. The van der Waals surface area contributed by atoms with Gasteiger partial charge in [0.1, 0.15) is 5.60 Å². The molecule has 5 unspecified atom stereocenters. The minimum Gasteiger partial charge on any atom is -0.391 e. The van der Waals surface area contributed by atoms with E-state index in [0.29, 0.717) is 32.3 Å². The molecule has 0 spiro atoms. The smallest absolute Gasteiger partial charge is 0.144 e. The molecule has 0 saturated carbocycles. The Morgan fingerprint density at radius 3 is 1.71 bits per heavy atom. The molecule has 254 valence electrons. The molecule has 1 fully saturated rings. The van der Waals surface area contributed by atoms with Crippen molar-refractivity contribution < 1.29 is 19.3 Å². The van der Waals surface area contributed by atoms with Crippen LogP contribution in [0.25, 0.3) is 0 Å². The van der Waals surface area contributed by atoms with Crippen molar-refractivity contribution in [1.29, 1.82) is 0 Å². The van der Waals surface area contributed by atoms with E-state index < -0.39 is 11.7 Å². The molecule has 0 aromatic heterocycles. The zero-order chi connectivity index (χ0) is 34.1. The van der Waals surface area contributed by atoms with Crippen LogP contribution in [0.15, 0.2) is 146 Å². The molecule has 5 nitrogen and oxygen atoms in total. The number of benzene rings is 5. The van der Waals surface area contributed by atoms with Crippen LogP contribution in [0.1, 0.15) is 53.1 Å². The number of methoxy groups -OCH3 is 1. The zero-order valence-electron chi connectivity index (χ0n) is 28.9. The Morgan fingerprint density at radius 1 is 0.694 bits per heavy atom. The van der Waals surface area contributed by atoms with Crippen LogP contribution in [0.4, 0.5) is 0 Å². The van der Waals surface area contributed by atoms with Gasteiger partial charge in [0.25, 0.3) is 0 Å². The maximum atomic E-state index is 12.3. The third-order valence-corrected chi connectivity index (χ3v) is 9.84. The number of ether oxygens (including phenoxy) is 3. The maximum Gasteiger partial charge on any atom is 0.144 e. The topological polar surface area (TPSA) is 51.2 Å².